The first kappa shape index (κ1) is 15.9. The molecule has 1 aromatic heterocycles. The van der Waals surface area contributed by atoms with Crippen LogP contribution in [0.3, 0.4) is 0 Å². The maximum atomic E-state index is 13.4. The Morgan fingerprint density at radius 1 is 1.05 bits per heavy atom. The first-order valence-corrected chi connectivity index (χ1v) is 5.98. The number of aryl methyl sites for hydroxylation is 1. The highest BCUT2D eigenvalue weighted by Crippen LogP contribution is 2.24. The van der Waals surface area contributed by atoms with Gasteiger partial charge >= 0.3 is 0 Å². The summed E-state index contributed by atoms with van der Waals surface area (Å²) < 4.78 is 67.2. The van der Waals surface area contributed by atoms with E-state index in [0.717, 1.165) is 6.08 Å². The standard InChI is InChI=1S/C14H9F5N2O/c1-6-8(5-20-21(6)2)9(22)4-3-7-10(15)12(17)14(19)13(18)11(7)16/h3-5H,1-2H3/b4-3+. The summed E-state index contributed by atoms with van der Waals surface area (Å²) >= 11 is 0. The third-order valence-corrected chi connectivity index (χ3v) is 3.15. The van der Waals surface area contributed by atoms with Crippen LogP contribution in [0, 0.1) is 36.0 Å². The summed E-state index contributed by atoms with van der Waals surface area (Å²) in [4.78, 5) is 11.9. The first-order valence-electron chi connectivity index (χ1n) is 5.98. The lowest BCUT2D eigenvalue weighted by Gasteiger charge is -2.04. The SMILES string of the molecule is Cc1c(C(=O)/C=C/c2c(F)c(F)c(F)c(F)c2F)cnn1C. The molecule has 22 heavy (non-hydrogen) atoms. The third-order valence-electron chi connectivity index (χ3n) is 3.15. The molecule has 0 N–H and O–H groups in total. The number of carbonyl (C=O) groups excluding carboxylic acids is 1. The van der Waals surface area contributed by atoms with Crippen LogP contribution in [0.5, 0.6) is 0 Å². The largest absolute Gasteiger partial charge is 0.289 e. The van der Waals surface area contributed by atoms with E-state index in [4.69, 9.17) is 0 Å². The van der Waals surface area contributed by atoms with Crippen molar-refractivity contribution >= 4 is 11.9 Å². The molecule has 1 aromatic carbocycles. The Bertz CT molecular complexity index is 766. The van der Waals surface area contributed by atoms with Gasteiger partial charge in [-0.3, -0.25) is 9.48 Å². The molecule has 2 rings (SSSR count). The molecule has 0 unspecified atom stereocenters. The van der Waals surface area contributed by atoms with Crippen LogP contribution in [0.1, 0.15) is 21.6 Å². The van der Waals surface area contributed by atoms with E-state index in [2.05, 4.69) is 5.10 Å². The molecule has 0 atom stereocenters. The molecule has 0 radical (unpaired) electrons. The Hall–Kier alpha value is -2.51. The quantitative estimate of drug-likeness (QED) is 0.286. The maximum absolute atomic E-state index is 13.4. The summed E-state index contributed by atoms with van der Waals surface area (Å²) in [6.45, 7) is 1.59. The summed E-state index contributed by atoms with van der Waals surface area (Å²) in [5, 5.41) is 3.81. The summed E-state index contributed by atoms with van der Waals surface area (Å²) in [6.07, 6.45) is 2.51. The predicted octanol–water partition coefficient (Wildman–Crippen LogP) is 3.32. The van der Waals surface area contributed by atoms with Crippen molar-refractivity contribution in [3.63, 3.8) is 0 Å². The van der Waals surface area contributed by atoms with Crippen molar-refractivity contribution in [2.24, 2.45) is 7.05 Å². The van der Waals surface area contributed by atoms with Gasteiger partial charge in [0.25, 0.3) is 0 Å². The zero-order valence-corrected chi connectivity index (χ0v) is 11.4. The van der Waals surface area contributed by atoms with Crippen LogP contribution < -0.4 is 0 Å². The topological polar surface area (TPSA) is 34.9 Å². The molecular formula is C14H9F5N2O. The van der Waals surface area contributed by atoms with Gasteiger partial charge in [0.1, 0.15) is 0 Å². The van der Waals surface area contributed by atoms with E-state index >= 15 is 0 Å². The number of hydrogen-bond acceptors (Lipinski definition) is 2. The molecule has 0 fully saturated rings. The van der Waals surface area contributed by atoms with Crippen molar-refractivity contribution in [3.05, 3.63) is 58.2 Å². The van der Waals surface area contributed by atoms with Gasteiger partial charge in [0.05, 0.1) is 17.3 Å². The number of rotatable bonds is 3. The van der Waals surface area contributed by atoms with E-state index < -0.39 is 40.4 Å². The average Bonchev–Trinajstić information content (AvgIpc) is 2.83. The van der Waals surface area contributed by atoms with Gasteiger partial charge in [0.15, 0.2) is 29.1 Å². The van der Waals surface area contributed by atoms with Crippen LogP contribution in [-0.2, 0) is 7.05 Å². The normalized spacial score (nSPS) is 11.4. The van der Waals surface area contributed by atoms with E-state index in [1.165, 1.54) is 10.9 Å². The molecule has 1 heterocycles. The number of benzene rings is 1. The zero-order valence-electron chi connectivity index (χ0n) is 11.4. The lowest BCUT2D eigenvalue weighted by molar-refractivity contribution is 0.104. The second-order valence-electron chi connectivity index (χ2n) is 4.45. The second-order valence-corrected chi connectivity index (χ2v) is 4.45. The van der Waals surface area contributed by atoms with Gasteiger partial charge in [0.2, 0.25) is 5.82 Å². The Labute approximate surface area is 121 Å². The van der Waals surface area contributed by atoms with Crippen molar-refractivity contribution < 1.29 is 26.7 Å². The highest BCUT2D eigenvalue weighted by molar-refractivity contribution is 6.07. The molecule has 0 aliphatic rings. The molecule has 3 nitrogen and oxygen atoms in total. The molecule has 0 aliphatic carbocycles. The van der Waals surface area contributed by atoms with Crippen molar-refractivity contribution in [1.82, 2.24) is 9.78 Å². The molecule has 0 aliphatic heterocycles. The molecule has 0 saturated carbocycles. The van der Waals surface area contributed by atoms with E-state index in [1.54, 1.807) is 14.0 Å². The second kappa shape index (κ2) is 5.70. The Morgan fingerprint density at radius 2 is 1.55 bits per heavy atom. The zero-order chi connectivity index (χ0) is 16.6. The van der Waals surface area contributed by atoms with E-state index in [9.17, 15) is 26.7 Å². The number of hydrogen-bond donors (Lipinski definition) is 0. The summed E-state index contributed by atoms with van der Waals surface area (Å²) in [6, 6.07) is 0. The van der Waals surface area contributed by atoms with Crippen molar-refractivity contribution in [1.29, 1.82) is 0 Å². The Morgan fingerprint density at radius 3 is 2.00 bits per heavy atom. The molecule has 2 aromatic rings. The van der Waals surface area contributed by atoms with Crippen molar-refractivity contribution in [3.8, 4) is 0 Å². The molecular weight excluding hydrogens is 307 g/mol. The van der Waals surface area contributed by atoms with Crippen molar-refractivity contribution in [2.45, 2.75) is 6.92 Å². The first-order chi connectivity index (χ1) is 10.3. The Balaban J connectivity index is 2.43. The van der Waals surface area contributed by atoms with Crippen LogP contribution in [0.15, 0.2) is 12.3 Å². The number of aromatic nitrogens is 2. The lowest BCUT2D eigenvalue weighted by atomic mass is 10.1. The van der Waals surface area contributed by atoms with E-state index in [1.807, 2.05) is 0 Å². The molecule has 8 heteroatoms. The minimum atomic E-state index is -2.25. The summed E-state index contributed by atoms with van der Waals surface area (Å²) in [5.41, 5.74) is -0.527. The number of ketones is 1. The number of carbonyl (C=O) groups is 1. The number of halogens is 5. The van der Waals surface area contributed by atoms with Crippen molar-refractivity contribution in [2.75, 3.05) is 0 Å². The molecule has 0 saturated heterocycles. The summed E-state index contributed by atoms with van der Waals surface area (Å²) in [5.74, 6) is -11.0. The minimum Gasteiger partial charge on any atom is -0.289 e. The number of allylic oxidation sites excluding steroid dienone is 1. The van der Waals surface area contributed by atoms with Crippen LogP contribution >= 0.6 is 0 Å². The Kier molecular flexibility index (Phi) is 4.11. The highest BCUT2D eigenvalue weighted by Gasteiger charge is 2.24. The molecule has 0 amide bonds. The minimum absolute atomic E-state index is 0.155. The van der Waals surface area contributed by atoms with Gasteiger partial charge in [-0.2, -0.15) is 5.10 Å². The van der Waals surface area contributed by atoms with Gasteiger partial charge in [-0.25, -0.2) is 22.0 Å². The highest BCUT2D eigenvalue weighted by atomic mass is 19.2. The van der Waals surface area contributed by atoms with Gasteiger partial charge in [-0.05, 0) is 19.1 Å². The maximum Gasteiger partial charge on any atom is 0.200 e. The van der Waals surface area contributed by atoms with Gasteiger partial charge in [-0.15, -0.1) is 0 Å². The van der Waals surface area contributed by atoms with Crippen LogP contribution in [0.4, 0.5) is 22.0 Å². The average molecular weight is 316 g/mol. The summed E-state index contributed by atoms with van der Waals surface area (Å²) in [7, 11) is 1.58. The predicted molar refractivity (Wildman–Crippen MR) is 67.5 cm³/mol. The fourth-order valence-electron chi connectivity index (χ4n) is 1.76. The van der Waals surface area contributed by atoms with Gasteiger partial charge < -0.3 is 0 Å². The van der Waals surface area contributed by atoms with Crippen LogP contribution in [0.25, 0.3) is 6.08 Å². The monoisotopic (exact) mass is 316 g/mol. The third kappa shape index (κ3) is 2.51. The number of nitrogens with zero attached hydrogens (tertiary/aromatic N) is 2. The van der Waals surface area contributed by atoms with E-state index in [-0.39, 0.29) is 5.56 Å². The molecule has 116 valence electrons. The van der Waals surface area contributed by atoms with Crippen LogP contribution in [-0.4, -0.2) is 15.6 Å². The van der Waals surface area contributed by atoms with Gasteiger partial charge in [-0.1, -0.05) is 0 Å². The van der Waals surface area contributed by atoms with E-state index in [0.29, 0.717) is 11.8 Å². The molecule has 0 spiro atoms. The van der Waals surface area contributed by atoms with Crippen LogP contribution in [0.2, 0.25) is 0 Å². The molecule has 0 bridgehead atoms. The smallest absolute Gasteiger partial charge is 0.200 e. The lowest BCUT2D eigenvalue weighted by Crippen LogP contribution is -2.04. The van der Waals surface area contributed by atoms with Gasteiger partial charge in [0, 0.05) is 12.7 Å². The fraction of sp³-hybridized carbons (Fsp3) is 0.143. The fourth-order valence-corrected chi connectivity index (χ4v) is 1.76.